The quantitative estimate of drug-likeness (QED) is 0.707. The number of anilines is 2. The van der Waals surface area contributed by atoms with Gasteiger partial charge in [0.1, 0.15) is 11.4 Å². The molecule has 0 saturated heterocycles. The first-order valence-electron chi connectivity index (χ1n) is 8.92. The highest BCUT2D eigenvalue weighted by molar-refractivity contribution is 6.08. The van der Waals surface area contributed by atoms with E-state index in [0.717, 1.165) is 11.4 Å². The molecule has 0 atom stereocenters. The topological polar surface area (TPSA) is 71.5 Å². The lowest BCUT2D eigenvalue weighted by Crippen LogP contribution is -2.27. The van der Waals surface area contributed by atoms with Crippen molar-refractivity contribution in [2.75, 3.05) is 23.9 Å². The van der Waals surface area contributed by atoms with Crippen LogP contribution in [0, 0.1) is 0 Å². The third-order valence-electron chi connectivity index (χ3n) is 4.11. The maximum absolute atomic E-state index is 12.7. The number of para-hydroxylation sites is 1. The molecule has 1 N–H and O–H groups in total. The molecule has 0 aliphatic rings. The van der Waals surface area contributed by atoms with Gasteiger partial charge >= 0.3 is 0 Å². The second kappa shape index (κ2) is 8.81. The summed E-state index contributed by atoms with van der Waals surface area (Å²) >= 11 is 0. The number of pyridine rings is 1. The Labute approximate surface area is 163 Å². The van der Waals surface area contributed by atoms with Gasteiger partial charge in [0, 0.05) is 30.2 Å². The van der Waals surface area contributed by atoms with E-state index < -0.39 is 0 Å². The van der Waals surface area contributed by atoms with E-state index in [1.54, 1.807) is 37.4 Å². The molecular formula is C22H21N3O3. The Balaban J connectivity index is 1.73. The van der Waals surface area contributed by atoms with Crippen LogP contribution < -0.4 is 15.0 Å². The van der Waals surface area contributed by atoms with Gasteiger partial charge in [0.05, 0.1) is 6.61 Å². The lowest BCUT2D eigenvalue weighted by Gasteiger charge is -2.17. The highest BCUT2D eigenvalue weighted by atomic mass is 16.5. The maximum atomic E-state index is 12.7. The summed E-state index contributed by atoms with van der Waals surface area (Å²) in [5.74, 6) is 0.131. The zero-order valence-corrected chi connectivity index (χ0v) is 15.8. The Kier molecular flexibility index (Phi) is 6.01. The van der Waals surface area contributed by atoms with Crippen molar-refractivity contribution in [3.05, 3.63) is 84.2 Å². The summed E-state index contributed by atoms with van der Waals surface area (Å²) < 4.78 is 5.39. The van der Waals surface area contributed by atoms with Crippen LogP contribution in [0.15, 0.2) is 72.9 Å². The second-order valence-corrected chi connectivity index (χ2v) is 6.04. The number of hydrogen-bond donors (Lipinski definition) is 1. The van der Waals surface area contributed by atoms with Crippen LogP contribution in [0.3, 0.4) is 0 Å². The minimum atomic E-state index is -0.317. The minimum Gasteiger partial charge on any atom is -0.494 e. The molecule has 0 bridgehead atoms. The smallest absolute Gasteiger partial charge is 0.276 e. The summed E-state index contributed by atoms with van der Waals surface area (Å²) in [6.07, 6.45) is 1.46. The minimum absolute atomic E-state index is 0.200. The fourth-order valence-corrected chi connectivity index (χ4v) is 2.63. The molecule has 0 aliphatic carbocycles. The van der Waals surface area contributed by atoms with Crippen molar-refractivity contribution in [1.29, 1.82) is 0 Å². The SMILES string of the molecule is CCOc1ccc(NC(=O)c2ccnc(C(=O)N(C)c3ccccc3)c2)cc1. The Morgan fingerprint density at radius 2 is 1.75 bits per heavy atom. The van der Waals surface area contributed by atoms with Crippen LogP contribution in [-0.2, 0) is 0 Å². The molecular weight excluding hydrogens is 354 g/mol. The molecule has 0 saturated carbocycles. The number of amides is 2. The van der Waals surface area contributed by atoms with Crippen molar-refractivity contribution in [2.24, 2.45) is 0 Å². The van der Waals surface area contributed by atoms with Crippen molar-refractivity contribution in [3.63, 3.8) is 0 Å². The van der Waals surface area contributed by atoms with Crippen LogP contribution in [0.2, 0.25) is 0 Å². The van der Waals surface area contributed by atoms with Gasteiger partial charge < -0.3 is 15.0 Å². The molecule has 0 aliphatic heterocycles. The second-order valence-electron chi connectivity index (χ2n) is 6.04. The molecule has 1 aromatic heterocycles. The molecule has 0 spiro atoms. The van der Waals surface area contributed by atoms with Crippen molar-refractivity contribution in [1.82, 2.24) is 4.98 Å². The normalized spacial score (nSPS) is 10.2. The lowest BCUT2D eigenvalue weighted by molar-refractivity contribution is 0.0988. The molecule has 0 fully saturated rings. The average molecular weight is 375 g/mol. The zero-order valence-electron chi connectivity index (χ0n) is 15.8. The van der Waals surface area contributed by atoms with Gasteiger partial charge in [0.2, 0.25) is 0 Å². The van der Waals surface area contributed by atoms with Crippen molar-refractivity contribution >= 4 is 23.2 Å². The standard InChI is InChI=1S/C22H21N3O3/c1-3-28-19-11-9-17(10-12-19)24-21(26)16-13-14-23-20(15-16)22(27)25(2)18-7-5-4-6-8-18/h4-15H,3H2,1-2H3,(H,24,26). The van der Waals surface area contributed by atoms with Crippen LogP contribution in [0.25, 0.3) is 0 Å². The fraction of sp³-hybridized carbons (Fsp3) is 0.136. The largest absolute Gasteiger partial charge is 0.494 e. The molecule has 3 rings (SSSR count). The van der Waals surface area contributed by atoms with E-state index in [1.807, 2.05) is 37.3 Å². The first-order valence-corrected chi connectivity index (χ1v) is 8.92. The van der Waals surface area contributed by atoms with E-state index in [1.165, 1.54) is 17.2 Å². The van der Waals surface area contributed by atoms with Gasteiger partial charge in [-0.05, 0) is 55.5 Å². The van der Waals surface area contributed by atoms with Crippen LogP contribution in [0.4, 0.5) is 11.4 Å². The zero-order chi connectivity index (χ0) is 19.9. The third-order valence-corrected chi connectivity index (χ3v) is 4.11. The van der Waals surface area contributed by atoms with Crippen molar-refractivity contribution in [2.45, 2.75) is 6.92 Å². The number of ether oxygens (including phenoxy) is 1. The highest BCUT2D eigenvalue weighted by Crippen LogP contribution is 2.18. The Hall–Kier alpha value is -3.67. The van der Waals surface area contributed by atoms with Gasteiger partial charge in [-0.3, -0.25) is 14.6 Å². The highest BCUT2D eigenvalue weighted by Gasteiger charge is 2.17. The molecule has 1 heterocycles. The average Bonchev–Trinajstić information content (AvgIpc) is 2.75. The Bertz CT molecular complexity index is 956. The van der Waals surface area contributed by atoms with Crippen LogP contribution in [-0.4, -0.2) is 30.5 Å². The molecule has 6 nitrogen and oxygen atoms in total. The number of nitrogens with zero attached hydrogens (tertiary/aromatic N) is 2. The summed E-state index contributed by atoms with van der Waals surface area (Å²) in [5.41, 5.74) is 1.94. The van der Waals surface area contributed by atoms with Crippen molar-refractivity contribution in [3.8, 4) is 5.75 Å². The number of hydrogen-bond acceptors (Lipinski definition) is 4. The van der Waals surface area contributed by atoms with E-state index in [2.05, 4.69) is 10.3 Å². The molecule has 0 unspecified atom stereocenters. The lowest BCUT2D eigenvalue weighted by atomic mass is 10.2. The molecule has 142 valence electrons. The summed E-state index contributed by atoms with van der Waals surface area (Å²) in [6, 6.07) is 19.4. The van der Waals surface area contributed by atoms with E-state index in [9.17, 15) is 9.59 Å². The fourth-order valence-electron chi connectivity index (χ4n) is 2.63. The van der Waals surface area contributed by atoms with Gasteiger partial charge in [-0.15, -0.1) is 0 Å². The van der Waals surface area contributed by atoms with Gasteiger partial charge in [-0.2, -0.15) is 0 Å². The number of rotatable bonds is 6. The maximum Gasteiger partial charge on any atom is 0.276 e. The summed E-state index contributed by atoms with van der Waals surface area (Å²) in [5, 5.41) is 2.81. The van der Waals surface area contributed by atoms with E-state index >= 15 is 0 Å². The first-order chi connectivity index (χ1) is 13.6. The van der Waals surface area contributed by atoms with Gasteiger partial charge in [0.15, 0.2) is 0 Å². The summed E-state index contributed by atoms with van der Waals surface area (Å²) in [6.45, 7) is 2.49. The van der Waals surface area contributed by atoms with E-state index in [4.69, 9.17) is 4.74 Å². The first kappa shape index (κ1) is 19.1. The van der Waals surface area contributed by atoms with E-state index in [-0.39, 0.29) is 17.5 Å². The van der Waals surface area contributed by atoms with E-state index in [0.29, 0.717) is 17.9 Å². The van der Waals surface area contributed by atoms with Gasteiger partial charge in [-0.25, -0.2) is 0 Å². The molecule has 2 aromatic carbocycles. The Morgan fingerprint density at radius 3 is 2.43 bits per heavy atom. The predicted octanol–water partition coefficient (Wildman–Crippen LogP) is 4.01. The number of benzene rings is 2. The molecule has 6 heteroatoms. The van der Waals surface area contributed by atoms with Crippen LogP contribution in [0.5, 0.6) is 5.75 Å². The van der Waals surface area contributed by atoms with Gasteiger partial charge in [0.25, 0.3) is 11.8 Å². The van der Waals surface area contributed by atoms with Crippen LogP contribution >= 0.6 is 0 Å². The number of carbonyl (C=O) groups excluding carboxylic acids is 2. The molecule has 2 amide bonds. The number of nitrogens with one attached hydrogen (secondary N) is 1. The van der Waals surface area contributed by atoms with Crippen LogP contribution in [0.1, 0.15) is 27.8 Å². The molecule has 28 heavy (non-hydrogen) atoms. The van der Waals surface area contributed by atoms with Crippen molar-refractivity contribution < 1.29 is 14.3 Å². The van der Waals surface area contributed by atoms with Gasteiger partial charge in [-0.1, -0.05) is 18.2 Å². The predicted molar refractivity (Wildman–Crippen MR) is 109 cm³/mol. The number of carbonyl (C=O) groups is 2. The molecule has 3 aromatic rings. The third kappa shape index (κ3) is 4.54. The summed E-state index contributed by atoms with van der Waals surface area (Å²) in [7, 11) is 1.67. The molecule has 0 radical (unpaired) electrons. The number of aromatic nitrogens is 1. The monoisotopic (exact) mass is 375 g/mol. The summed E-state index contributed by atoms with van der Waals surface area (Å²) in [4.78, 5) is 30.9. The Morgan fingerprint density at radius 1 is 1.04 bits per heavy atom.